The van der Waals surface area contributed by atoms with Crippen molar-refractivity contribution in [3.8, 4) is 0 Å². The van der Waals surface area contributed by atoms with Crippen LogP contribution in [0.15, 0.2) is 18.3 Å². The van der Waals surface area contributed by atoms with Gasteiger partial charge in [0.25, 0.3) is 0 Å². The third-order valence-corrected chi connectivity index (χ3v) is 4.98. The van der Waals surface area contributed by atoms with Crippen LogP contribution < -0.4 is 20.7 Å². The van der Waals surface area contributed by atoms with Crippen LogP contribution >= 0.6 is 0 Å². The maximum Gasteiger partial charge on any atom is 0.131 e. The van der Waals surface area contributed by atoms with E-state index in [1.54, 1.807) is 6.20 Å². The van der Waals surface area contributed by atoms with Crippen LogP contribution in [0.25, 0.3) is 0 Å². The zero-order valence-electron chi connectivity index (χ0n) is 13.6. The molecule has 8 heteroatoms. The lowest BCUT2D eigenvalue weighted by Crippen LogP contribution is -2.44. The van der Waals surface area contributed by atoms with Crippen molar-refractivity contribution in [2.24, 2.45) is 0 Å². The standard InChI is InChI=1S/C16H21N7O/c1-10-9-24-7-6-22(10)13-8-12-16-15(19-13)14(11-2-3-18-20-11)21-23(16)5-4-17-12/h2-3,8,10,14,17,21H,4-7,9H2,1H3,(H,18,20)/t10-,14?/m1/s1. The highest BCUT2D eigenvalue weighted by Gasteiger charge is 2.37. The Kier molecular flexibility index (Phi) is 3.14. The molecule has 126 valence electrons. The molecule has 3 aliphatic rings. The Hall–Kier alpha value is -2.32. The molecule has 0 aromatic carbocycles. The molecule has 3 aliphatic heterocycles. The summed E-state index contributed by atoms with van der Waals surface area (Å²) in [6.45, 7) is 6.38. The first-order chi connectivity index (χ1) is 11.8. The molecular weight excluding hydrogens is 306 g/mol. The molecule has 2 atom stereocenters. The van der Waals surface area contributed by atoms with Gasteiger partial charge in [0, 0.05) is 25.4 Å². The quantitative estimate of drug-likeness (QED) is 0.755. The topological polar surface area (TPSA) is 81.3 Å². The fourth-order valence-electron chi connectivity index (χ4n) is 3.78. The van der Waals surface area contributed by atoms with Crippen LogP contribution in [0, 0.1) is 0 Å². The van der Waals surface area contributed by atoms with Crippen molar-refractivity contribution in [1.82, 2.24) is 20.6 Å². The van der Waals surface area contributed by atoms with Gasteiger partial charge in [-0.15, -0.1) is 0 Å². The van der Waals surface area contributed by atoms with E-state index < -0.39 is 0 Å². The van der Waals surface area contributed by atoms with Gasteiger partial charge in [-0.2, -0.15) is 5.10 Å². The van der Waals surface area contributed by atoms with Crippen molar-refractivity contribution >= 4 is 17.2 Å². The van der Waals surface area contributed by atoms with E-state index in [-0.39, 0.29) is 6.04 Å². The molecule has 1 fully saturated rings. The van der Waals surface area contributed by atoms with Gasteiger partial charge in [-0.05, 0) is 13.0 Å². The molecule has 3 N–H and O–H groups in total. The van der Waals surface area contributed by atoms with E-state index in [1.165, 1.54) is 0 Å². The summed E-state index contributed by atoms with van der Waals surface area (Å²) in [5.41, 5.74) is 7.95. The first-order valence-corrected chi connectivity index (χ1v) is 8.47. The predicted octanol–water partition coefficient (Wildman–Crippen LogP) is 0.869. The molecular formula is C16H21N7O. The predicted molar refractivity (Wildman–Crippen MR) is 91.3 cm³/mol. The molecule has 8 nitrogen and oxygen atoms in total. The van der Waals surface area contributed by atoms with Crippen LogP contribution in [0.2, 0.25) is 0 Å². The number of ether oxygens (including phenoxy) is 1. The van der Waals surface area contributed by atoms with Gasteiger partial charge < -0.3 is 20.0 Å². The van der Waals surface area contributed by atoms with Crippen molar-refractivity contribution in [3.63, 3.8) is 0 Å². The van der Waals surface area contributed by atoms with E-state index in [0.717, 1.165) is 61.4 Å². The summed E-state index contributed by atoms with van der Waals surface area (Å²) >= 11 is 0. The van der Waals surface area contributed by atoms with Crippen LogP contribution in [0.5, 0.6) is 0 Å². The highest BCUT2D eigenvalue weighted by Crippen LogP contribution is 2.43. The number of hydrogen-bond donors (Lipinski definition) is 3. The van der Waals surface area contributed by atoms with Crippen LogP contribution in [0.1, 0.15) is 24.4 Å². The van der Waals surface area contributed by atoms with E-state index in [4.69, 9.17) is 9.72 Å². The summed E-state index contributed by atoms with van der Waals surface area (Å²) in [6.07, 6.45) is 1.78. The smallest absolute Gasteiger partial charge is 0.131 e. The molecule has 1 saturated heterocycles. The second kappa shape index (κ2) is 5.35. The number of aromatic nitrogens is 3. The van der Waals surface area contributed by atoms with Gasteiger partial charge in [-0.3, -0.25) is 5.10 Å². The fourth-order valence-corrected chi connectivity index (χ4v) is 3.78. The monoisotopic (exact) mass is 327 g/mol. The van der Waals surface area contributed by atoms with Crippen LogP contribution in [-0.2, 0) is 4.74 Å². The number of morpholine rings is 1. The molecule has 5 rings (SSSR count). The third-order valence-electron chi connectivity index (χ3n) is 4.98. The molecule has 5 heterocycles. The zero-order chi connectivity index (χ0) is 16.1. The van der Waals surface area contributed by atoms with Crippen LogP contribution in [0.3, 0.4) is 0 Å². The number of aromatic amines is 1. The van der Waals surface area contributed by atoms with Gasteiger partial charge in [0.2, 0.25) is 0 Å². The van der Waals surface area contributed by atoms with E-state index in [9.17, 15) is 0 Å². The molecule has 0 aliphatic carbocycles. The zero-order valence-corrected chi connectivity index (χ0v) is 13.6. The Morgan fingerprint density at radius 3 is 3.12 bits per heavy atom. The summed E-state index contributed by atoms with van der Waals surface area (Å²) in [7, 11) is 0. The molecule has 2 aromatic heterocycles. The first-order valence-electron chi connectivity index (χ1n) is 8.47. The van der Waals surface area contributed by atoms with E-state index in [1.807, 2.05) is 6.07 Å². The minimum absolute atomic E-state index is 0.0115. The summed E-state index contributed by atoms with van der Waals surface area (Å²) < 4.78 is 5.57. The van der Waals surface area contributed by atoms with Gasteiger partial charge in [0.1, 0.15) is 11.9 Å². The maximum absolute atomic E-state index is 5.57. The highest BCUT2D eigenvalue weighted by atomic mass is 16.5. The van der Waals surface area contributed by atoms with Crippen LogP contribution in [-0.4, -0.2) is 54.1 Å². The Bertz CT molecular complexity index is 747. The van der Waals surface area contributed by atoms with E-state index >= 15 is 0 Å². The number of anilines is 3. The minimum Gasteiger partial charge on any atom is -0.381 e. The molecule has 0 amide bonds. The van der Waals surface area contributed by atoms with Crippen molar-refractivity contribution < 1.29 is 4.74 Å². The fraction of sp³-hybridized carbons (Fsp3) is 0.500. The first kappa shape index (κ1) is 14.1. The molecule has 24 heavy (non-hydrogen) atoms. The summed E-state index contributed by atoms with van der Waals surface area (Å²) in [4.78, 5) is 7.37. The van der Waals surface area contributed by atoms with Gasteiger partial charge in [-0.1, -0.05) is 0 Å². The number of nitrogens with zero attached hydrogens (tertiary/aromatic N) is 4. The summed E-state index contributed by atoms with van der Waals surface area (Å²) in [6, 6.07) is 4.51. The second-order valence-electron chi connectivity index (χ2n) is 6.53. The SMILES string of the molecule is C[C@@H]1COCCN1c1cc2c3c(n1)C(c1ccn[nH]1)NN3CCN2. The number of nitrogens with one attached hydrogen (secondary N) is 3. The molecule has 0 saturated carbocycles. The van der Waals surface area contributed by atoms with Crippen molar-refractivity contribution in [3.05, 3.63) is 29.7 Å². The Morgan fingerprint density at radius 2 is 2.29 bits per heavy atom. The van der Waals surface area contributed by atoms with Crippen LogP contribution in [0.4, 0.5) is 17.2 Å². The van der Waals surface area contributed by atoms with Crippen molar-refractivity contribution in [2.45, 2.75) is 19.0 Å². The average Bonchev–Trinajstić information content (AvgIpc) is 3.24. The Balaban J connectivity index is 1.61. The van der Waals surface area contributed by atoms with Gasteiger partial charge in [0.15, 0.2) is 0 Å². The second-order valence-corrected chi connectivity index (χ2v) is 6.53. The summed E-state index contributed by atoms with van der Waals surface area (Å²) in [5, 5.41) is 12.9. The number of pyridine rings is 1. The Morgan fingerprint density at radius 1 is 1.33 bits per heavy atom. The van der Waals surface area contributed by atoms with Crippen molar-refractivity contribution in [2.75, 3.05) is 48.1 Å². The molecule has 1 unspecified atom stereocenters. The Labute approximate surface area is 140 Å². The molecule has 2 aromatic rings. The summed E-state index contributed by atoms with van der Waals surface area (Å²) in [5.74, 6) is 1.02. The number of hydrogen-bond acceptors (Lipinski definition) is 7. The lowest BCUT2D eigenvalue weighted by Gasteiger charge is -2.35. The third kappa shape index (κ3) is 2.06. The maximum atomic E-state index is 5.57. The lowest BCUT2D eigenvalue weighted by atomic mass is 10.1. The van der Waals surface area contributed by atoms with Gasteiger partial charge in [0.05, 0.1) is 48.6 Å². The van der Waals surface area contributed by atoms with Crippen molar-refractivity contribution in [1.29, 1.82) is 0 Å². The molecule has 0 radical (unpaired) electrons. The molecule has 0 spiro atoms. The van der Waals surface area contributed by atoms with Gasteiger partial charge >= 0.3 is 0 Å². The minimum atomic E-state index is 0.0115. The van der Waals surface area contributed by atoms with Gasteiger partial charge in [-0.25, -0.2) is 10.4 Å². The normalized spacial score (nSPS) is 25.5. The lowest BCUT2D eigenvalue weighted by molar-refractivity contribution is 0.0985. The highest BCUT2D eigenvalue weighted by molar-refractivity contribution is 5.80. The average molecular weight is 327 g/mol. The van der Waals surface area contributed by atoms with E-state index in [0.29, 0.717) is 6.04 Å². The van der Waals surface area contributed by atoms with E-state index in [2.05, 4.69) is 43.8 Å². The largest absolute Gasteiger partial charge is 0.381 e. The number of rotatable bonds is 2. The molecule has 0 bridgehead atoms. The number of H-pyrrole nitrogens is 1. The number of hydrazine groups is 1.